The van der Waals surface area contributed by atoms with Crippen LogP contribution >= 0.6 is 27.5 Å². The monoisotopic (exact) mass is 447 g/mol. The quantitative estimate of drug-likeness (QED) is 0.624. The maximum Gasteiger partial charge on any atom is 0.262 e. The number of halogens is 2. The van der Waals surface area contributed by atoms with Gasteiger partial charge >= 0.3 is 0 Å². The van der Waals surface area contributed by atoms with Gasteiger partial charge in [-0.1, -0.05) is 17.7 Å². The maximum absolute atomic E-state index is 12.6. The van der Waals surface area contributed by atoms with Crippen LogP contribution in [0.3, 0.4) is 0 Å². The normalized spacial score (nSPS) is 11.6. The molecule has 0 aliphatic heterocycles. The zero-order valence-corrected chi connectivity index (χ0v) is 17.0. The van der Waals surface area contributed by atoms with Crippen molar-refractivity contribution in [1.82, 2.24) is 9.88 Å². The van der Waals surface area contributed by atoms with Gasteiger partial charge in [0.25, 0.3) is 10.0 Å². The van der Waals surface area contributed by atoms with Gasteiger partial charge in [-0.25, -0.2) is 13.4 Å². The van der Waals surface area contributed by atoms with Crippen molar-refractivity contribution in [3.63, 3.8) is 0 Å². The summed E-state index contributed by atoms with van der Waals surface area (Å²) in [6.07, 6.45) is 2.35. The molecular weight excluding hydrogens is 430 g/mol. The first-order valence-electron chi connectivity index (χ1n) is 7.49. The maximum atomic E-state index is 12.6. The average molecular weight is 449 g/mol. The van der Waals surface area contributed by atoms with E-state index in [0.29, 0.717) is 16.1 Å². The number of nitrogens with zero attached hydrogens (tertiary/aromatic N) is 2. The van der Waals surface area contributed by atoms with Gasteiger partial charge in [0.05, 0.1) is 11.5 Å². The molecule has 0 fully saturated rings. The van der Waals surface area contributed by atoms with Crippen LogP contribution in [0, 0.1) is 0 Å². The van der Waals surface area contributed by atoms with Gasteiger partial charge in [0, 0.05) is 22.2 Å². The lowest BCUT2D eigenvalue weighted by atomic mass is 10.4. The number of hydrogen-bond donors (Lipinski definition) is 1. The van der Waals surface area contributed by atoms with E-state index >= 15 is 0 Å². The molecule has 0 amide bonds. The van der Waals surface area contributed by atoms with Crippen LogP contribution < -0.4 is 9.46 Å². The van der Waals surface area contributed by atoms with Crippen molar-refractivity contribution in [2.24, 2.45) is 0 Å². The van der Waals surface area contributed by atoms with E-state index < -0.39 is 10.0 Å². The molecule has 1 N–H and O–H groups in total. The van der Waals surface area contributed by atoms with E-state index in [4.69, 9.17) is 16.3 Å². The molecule has 0 bridgehead atoms. The Morgan fingerprint density at radius 3 is 2.76 bits per heavy atom. The minimum absolute atomic E-state index is 0.0681. The molecule has 0 radical (unpaired) electrons. The molecule has 1 heterocycles. The average Bonchev–Trinajstić information content (AvgIpc) is 2.52. The zero-order chi connectivity index (χ0) is 18.4. The van der Waals surface area contributed by atoms with E-state index in [1.54, 1.807) is 24.4 Å². The van der Waals surface area contributed by atoms with Crippen molar-refractivity contribution in [2.75, 3.05) is 32.0 Å². The number of anilines is 1. The van der Waals surface area contributed by atoms with Crippen LogP contribution in [0.25, 0.3) is 0 Å². The lowest BCUT2D eigenvalue weighted by Gasteiger charge is -2.14. The van der Waals surface area contributed by atoms with Gasteiger partial charge in [0.15, 0.2) is 0 Å². The number of pyridine rings is 1. The van der Waals surface area contributed by atoms with Crippen LogP contribution in [0.5, 0.6) is 5.88 Å². The Labute approximate surface area is 161 Å². The van der Waals surface area contributed by atoms with Crippen LogP contribution in [0.15, 0.2) is 45.9 Å². The van der Waals surface area contributed by atoms with Crippen molar-refractivity contribution in [3.8, 4) is 5.88 Å². The molecule has 9 heteroatoms. The minimum Gasteiger partial charge on any atom is -0.476 e. The summed E-state index contributed by atoms with van der Waals surface area (Å²) >= 11 is 9.17. The summed E-state index contributed by atoms with van der Waals surface area (Å²) in [5.74, 6) is 0.229. The highest BCUT2D eigenvalue weighted by molar-refractivity contribution is 9.10. The number of rotatable bonds is 8. The lowest BCUT2D eigenvalue weighted by Crippen LogP contribution is -2.17. The molecule has 0 aliphatic rings. The summed E-state index contributed by atoms with van der Waals surface area (Å²) in [6, 6.07) is 7.65. The Morgan fingerprint density at radius 2 is 2.08 bits per heavy atom. The van der Waals surface area contributed by atoms with Crippen molar-refractivity contribution in [1.29, 1.82) is 0 Å². The second-order valence-corrected chi connectivity index (χ2v) is 8.61. The summed E-state index contributed by atoms with van der Waals surface area (Å²) < 4.78 is 33.9. The molecule has 0 aliphatic carbocycles. The third kappa shape index (κ3) is 6.14. The van der Waals surface area contributed by atoms with Crippen molar-refractivity contribution in [2.45, 2.75) is 11.3 Å². The van der Waals surface area contributed by atoms with E-state index in [2.05, 4.69) is 25.6 Å². The first-order valence-corrected chi connectivity index (χ1v) is 10.1. The summed E-state index contributed by atoms with van der Waals surface area (Å²) in [5.41, 5.74) is 0.263. The van der Waals surface area contributed by atoms with Crippen LogP contribution in [-0.4, -0.2) is 45.5 Å². The largest absolute Gasteiger partial charge is 0.476 e. The van der Waals surface area contributed by atoms with Gasteiger partial charge in [-0.15, -0.1) is 0 Å². The summed E-state index contributed by atoms with van der Waals surface area (Å²) in [7, 11) is 0.147. The molecule has 2 rings (SSSR count). The van der Waals surface area contributed by atoms with Crippen LogP contribution in [-0.2, 0) is 10.0 Å². The minimum atomic E-state index is -3.80. The second kappa shape index (κ2) is 8.84. The molecule has 0 atom stereocenters. The predicted octanol–water partition coefficient (Wildman–Crippen LogP) is 3.63. The second-order valence-electron chi connectivity index (χ2n) is 5.57. The fraction of sp³-hybridized carbons (Fsp3) is 0.312. The summed E-state index contributed by atoms with van der Waals surface area (Å²) in [5, 5.41) is 0.343. The number of aromatic nitrogens is 1. The third-order valence-electron chi connectivity index (χ3n) is 3.16. The summed E-state index contributed by atoms with van der Waals surface area (Å²) in [6.45, 7) is 1.29. The Balaban J connectivity index is 2.18. The van der Waals surface area contributed by atoms with Crippen LogP contribution in [0.1, 0.15) is 6.42 Å². The molecule has 2 aromatic rings. The van der Waals surface area contributed by atoms with Gasteiger partial charge in [-0.3, -0.25) is 4.72 Å². The SMILES string of the molecule is CN(C)CCCOc1ncc(Br)cc1NS(=O)(=O)c1cccc(Cl)c1. The topological polar surface area (TPSA) is 71.5 Å². The first-order chi connectivity index (χ1) is 11.8. The first kappa shape index (κ1) is 20.0. The molecule has 25 heavy (non-hydrogen) atoms. The fourth-order valence-electron chi connectivity index (χ4n) is 2.00. The van der Waals surface area contributed by atoms with Gasteiger partial charge in [-0.2, -0.15) is 0 Å². The number of ether oxygens (including phenoxy) is 1. The molecule has 136 valence electrons. The molecule has 6 nitrogen and oxygen atoms in total. The molecular formula is C16H19BrClN3O3S. The van der Waals surface area contributed by atoms with E-state index in [1.165, 1.54) is 12.1 Å². The lowest BCUT2D eigenvalue weighted by molar-refractivity contribution is 0.274. The molecule has 0 spiro atoms. The third-order valence-corrected chi connectivity index (χ3v) is 5.19. The number of benzene rings is 1. The van der Waals surface area contributed by atoms with E-state index in [0.717, 1.165) is 13.0 Å². The Bertz CT molecular complexity index is 831. The van der Waals surface area contributed by atoms with Gasteiger partial charge in [0.1, 0.15) is 5.69 Å². The number of sulfonamides is 1. The Hall–Kier alpha value is -1.35. The Morgan fingerprint density at radius 1 is 1.32 bits per heavy atom. The van der Waals surface area contributed by atoms with E-state index in [1.807, 2.05) is 19.0 Å². The van der Waals surface area contributed by atoms with Crippen LogP contribution in [0.2, 0.25) is 5.02 Å². The predicted molar refractivity (Wildman–Crippen MR) is 103 cm³/mol. The van der Waals surface area contributed by atoms with E-state index in [-0.39, 0.29) is 16.5 Å². The highest BCUT2D eigenvalue weighted by Gasteiger charge is 2.18. The molecule has 1 aromatic carbocycles. The summed E-state index contributed by atoms with van der Waals surface area (Å²) in [4.78, 5) is 6.27. The van der Waals surface area contributed by atoms with Gasteiger partial charge in [0.2, 0.25) is 5.88 Å². The van der Waals surface area contributed by atoms with E-state index in [9.17, 15) is 8.42 Å². The number of nitrogens with one attached hydrogen (secondary N) is 1. The molecule has 0 saturated carbocycles. The fourth-order valence-corrected chi connectivity index (χ4v) is 3.68. The van der Waals surface area contributed by atoms with Gasteiger partial charge in [-0.05, 0) is 60.7 Å². The molecule has 1 aromatic heterocycles. The standard InChI is InChI=1S/C16H19BrClN3O3S/c1-21(2)7-4-8-24-16-15(9-12(17)11-19-16)20-25(22,23)14-6-3-5-13(18)10-14/h3,5-6,9-11,20H,4,7-8H2,1-2H3. The number of hydrogen-bond acceptors (Lipinski definition) is 5. The highest BCUT2D eigenvalue weighted by atomic mass is 79.9. The molecule has 0 saturated heterocycles. The van der Waals surface area contributed by atoms with Crippen molar-refractivity contribution in [3.05, 3.63) is 46.0 Å². The van der Waals surface area contributed by atoms with Crippen LogP contribution in [0.4, 0.5) is 5.69 Å². The Kier molecular flexibility index (Phi) is 7.06. The van der Waals surface area contributed by atoms with Crippen molar-refractivity contribution >= 4 is 43.2 Å². The van der Waals surface area contributed by atoms with Crippen molar-refractivity contribution < 1.29 is 13.2 Å². The highest BCUT2D eigenvalue weighted by Crippen LogP contribution is 2.28. The zero-order valence-electron chi connectivity index (χ0n) is 13.9. The molecule has 0 unspecified atom stereocenters. The van der Waals surface area contributed by atoms with Gasteiger partial charge < -0.3 is 9.64 Å². The smallest absolute Gasteiger partial charge is 0.262 e.